The van der Waals surface area contributed by atoms with E-state index in [1.807, 2.05) is 0 Å². The highest BCUT2D eigenvalue weighted by Gasteiger charge is 2.28. The predicted octanol–water partition coefficient (Wildman–Crippen LogP) is 20.7. The molecule has 0 aliphatic carbocycles. The summed E-state index contributed by atoms with van der Waals surface area (Å²) in [6, 6.07) is -1.00. The number of allylic oxidation sites excluding steroid dienone is 6. The molecule has 0 heterocycles. The van der Waals surface area contributed by atoms with Gasteiger partial charge in [0.1, 0.15) is 12.2 Å². The first-order valence-electron chi connectivity index (χ1n) is 33.9. The van der Waals surface area contributed by atoms with Gasteiger partial charge < -0.3 is 25.7 Å². The summed E-state index contributed by atoms with van der Waals surface area (Å²) in [5, 5.41) is 44.2. The highest BCUT2D eigenvalue weighted by Crippen LogP contribution is 2.19. The number of unbranched alkanes of at least 4 members (excludes halogenated alkanes) is 48. The summed E-state index contributed by atoms with van der Waals surface area (Å²) in [4.78, 5) is 12.6. The van der Waals surface area contributed by atoms with Crippen LogP contribution < -0.4 is 5.32 Å². The SMILES string of the molecule is CCCCCCCCCCC/C=C\C/C=C\CCCCCCCCCCCCCCC(O)C(=O)NC(CO)C(O)C(O)CCC/C=C/CCCCCCCCCCCCCCCCCCCCCCCCCCCC. The zero-order valence-electron chi connectivity index (χ0n) is 50.6. The normalized spacial score (nSPS) is 13.7. The van der Waals surface area contributed by atoms with Crippen molar-refractivity contribution in [2.45, 2.75) is 391 Å². The van der Waals surface area contributed by atoms with Crippen molar-refractivity contribution in [2.75, 3.05) is 6.61 Å². The molecule has 0 saturated heterocycles. The van der Waals surface area contributed by atoms with E-state index in [1.54, 1.807) is 0 Å². The topological polar surface area (TPSA) is 110 Å². The van der Waals surface area contributed by atoms with Gasteiger partial charge in [0.2, 0.25) is 5.91 Å². The number of nitrogens with one attached hydrogen (secondary N) is 1. The monoisotopic (exact) mass is 1060 g/mol. The van der Waals surface area contributed by atoms with Gasteiger partial charge in [0.15, 0.2) is 0 Å². The highest BCUT2D eigenvalue weighted by atomic mass is 16.3. The van der Waals surface area contributed by atoms with Gasteiger partial charge in [-0.2, -0.15) is 0 Å². The number of aliphatic hydroxyl groups excluding tert-OH is 4. The Kier molecular flexibility index (Phi) is 62.1. The van der Waals surface area contributed by atoms with E-state index in [9.17, 15) is 25.2 Å². The third kappa shape index (κ3) is 57.0. The molecule has 0 aliphatic rings. The van der Waals surface area contributed by atoms with Crippen LogP contribution in [0, 0.1) is 0 Å². The van der Waals surface area contributed by atoms with Crippen LogP contribution in [0.2, 0.25) is 0 Å². The molecule has 0 fully saturated rings. The summed E-state index contributed by atoms with van der Waals surface area (Å²) in [7, 11) is 0. The van der Waals surface area contributed by atoms with E-state index in [4.69, 9.17) is 0 Å². The summed E-state index contributed by atoms with van der Waals surface area (Å²) >= 11 is 0. The highest BCUT2D eigenvalue weighted by molar-refractivity contribution is 5.80. The van der Waals surface area contributed by atoms with Crippen molar-refractivity contribution >= 4 is 5.91 Å². The summed E-state index contributed by atoms with van der Waals surface area (Å²) in [6.45, 7) is 4.09. The van der Waals surface area contributed by atoms with Gasteiger partial charge in [0.05, 0.1) is 18.8 Å². The number of rotatable bonds is 63. The van der Waals surface area contributed by atoms with Gasteiger partial charge in [-0.1, -0.05) is 333 Å². The summed E-state index contributed by atoms with van der Waals surface area (Å²) in [6.07, 6.45) is 81.2. The Balaban J connectivity index is 3.59. The van der Waals surface area contributed by atoms with Gasteiger partial charge in [-0.15, -0.1) is 0 Å². The van der Waals surface area contributed by atoms with Crippen LogP contribution in [0.15, 0.2) is 36.5 Å². The molecule has 0 spiro atoms. The molecule has 444 valence electrons. The Morgan fingerprint density at radius 3 is 0.880 bits per heavy atom. The van der Waals surface area contributed by atoms with E-state index in [0.717, 1.165) is 44.9 Å². The van der Waals surface area contributed by atoms with Gasteiger partial charge in [0, 0.05) is 0 Å². The van der Waals surface area contributed by atoms with Gasteiger partial charge >= 0.3 is 0 Å². The maximum atomic E-state index is 12.6. The standard InChI is InChI=1S/C69H133NO5/c1-3-5-7-9-11-13-15-17-19-21-23-25-27-29-31-33-34-35-37-38-40-42-44-46-48-50-52-54-56-58-60-62-66(72)68(74)65(64-71)70-69(75)67(73)63-61-59-57-55-53-51-49-47-45-43-41-39-36-32-30-28-26-24-22-20-18-16-14-12-10-8-6-4-2/h24,26,30,32,54,56,65-68,71-74H,3-23,25,27-29,31,33-53,55,57-64H2,1-2H3,(H,70,75)/b26-24-,32-30-,56-54+. The molecule has 75 heavy (non-hydrogen) atoms. The van der Waals surface area contributed by atoms with Crippen LogP contribution >= 0.6 is 0 Å². The van der Waals surface area contributed by atoms with E-state index in [0.29, 0.717) is 12.8 Å². The lowest BCUT2D eigenvalue weighted by Gasteiger charge is -2.27. The first-order valence-corrected chi connectivity index (χ1v) is 33.9. The second-order valence-corrected chi connectivity index (χ2v) is 23.5. The van der Waals surface area contributed by atoms with Crippen LogP contribution in [-0.2, 0) is 4.79 Å². The van der Waals surface area contributed by atoms with E-state index in [1.165, 1.54) is 295 Å². The minimum absolute atomic E-state index is 0.362. The molecule has 0 aromatic carbocycles. The first-order chi connectivity index (χ1) is 37.0. The maximum absolute atomic E-state index is 12.6. The molecule has 0 rings (SSSR count). The molecule has 0 bridgehead atoms. The van der Waals surface area contributed by atoms with Crippen LogP contribution in [0.3, 0.4) is 0 Å². The summed E-state index contributed by atoms with van der Waals surface area (Å²) in [5.74, 6) is -0.590. The average molecular weight is 1060 g/mol. The number of carbonyl (C=O) groups is 1. The number of hydrogen-bond donors (Lipinski definition) is 5. The second kappa shape index (κ2) is 63.4. The van der Waals surface area contributed by atoms with E-state index >= 15 is 0 Å². The molecular formula is C69H133NO5. The summed E-state index contributed by atoms with van der Waals surface area (Å²) in [5.41, 5.74) is 0. The van der Waals surface area contributed by atoms with Gasteiger partial charge in [-0.25, -0.2) is 0 Å². The minimum atomic E-state index is -1.28. The van der Waals surface area contributed by atoms with Crippen LogP contribution in [-0.4, -0.2) is 57.3 Å². The zero-order valence-corrected chi connectivity index (χ0v) is 50.6. The molecule has 6 heteroatoms. The predicted molar refractivity (Wildman–Crippen MR) is 330 cm³/mol. The number of hydrogen-bond acceptors (Lipinski definition) is 5. The van der Waals surface area contributed by atoms with Crippen molar-refractivity contribution in [1.29, 1.82) is 0 Å². The molecule has 0 aliphatic heterocycles. The quantitative estimate of drug-likeness (QED) is 0.0308. The van der Waals surface area contributed by atoms with Gasteiger partial charge in [-0.05, 0) is 70.6 Å². The third-order valence-electron chi connectivity index (χ3n) is 16.1. The van der Waals surface area contributed by atoms with Crippen molar-refractivity contribution in [3.63, 3.8) is 0 Å². The third-order valence-corrected chi connectivity index (χ3v) is 16.1. The molecule has 0 radical (unpaired) electrons. The van der Waals surface area contributed by atoms with Crippen LogP contribution in [0.4, 0.5) is 0 Å². The maximum Gasteiger partial charge on any atom is 0.249 e. The molecule has 0 aromatic rings. The lowest BCUT2D eigenvalue weighted by molar-refractivity contribution is -0.132. The molecule has 0 saturated carbocycles. The number of aliphatic hydroxyl groups is 4. The molecule has 6 nitrogen and oxygen atoms in total. The fourth-order valence-electron chi connectivity index (χ4n) is 10.8. The lowest BCUT2D eigenvalue weighted by Crippen LogP contribution is -2.53. The summed E-state index contributed by atoms with van der Waals surface area (Å²) < 4.78 is 0. The largest absolute Gasteiger partial charge is 0.394 e. The molecule has 4 unspecified atom stereocenters. The first kappa shape index (κ1) is 73.5. The van der Waals surface area contributed by atoms with E-state index in [2.05, 4.69) is 55.6 Å². The molecule has 4 atom stereocenters. The van der Waals surface area contributed by atoms with Crippen LogP contribution in [0.5, 0.6) is 0 Å². The molecule has 1 amide bonds. The zero-order chi connectivity index (χ0) is 54.4. The van der Waals surface area contributed by atoms with Crippen molar-refractivity contribution in [3.8, 4) is 0 Å². The van der Waals surface area contributed by atoms with E-state index < -0.39 is 36.9 Å². The Bertz CT molecular complexity index is 1190. The van der Waals surface area contributed by atoms with Crippen LogP contribution in [0.1, 0.15) is 367 Å². The Labute approximate surface area is 468 Å². The van der Waals surface area contributed by atoms with Crippen molar-refractivity contribution < 1.29 is 25.2 Å². The molecule has 0 aromatic heterocycles. The Hall–Kier alpha value is -1.47. The van der Waals surface area contributed by atoms with E-state index in [-0.39, 0.29) is 0 Å². The van der Waals surface area contributed by atoms with Crippen molar-refractivity contribution in [2.24, 2.45) is 0 Å². The molecule has 5 N–H and O–H groups in total. The molecular weight excluding hydrogens is 923 g/mol. The van der Waals surface area contributed by atoms with Gasteiger partial charge in [-0.3, -0.25) is 4.79 Å². The second-order valence-electron chi connectivity index (χ2n) is 23.5. The van der Waals surface area contributed by atoms with Crippen molar-refractivity contribution in [3.05, 3.63) is 36.5 Å². The Morgan fingerprint density at radius 2 is 0.587 bits per heavy atom. The number of amides is 1. The fourth-order valence-corrected chi connectivity index (χ4v) is 10.8. The Morgan fingerprint density at radius 1 is 0.333 bits per heavy atom. The van der Waals surface area contributed by atoms with Crippen LogP contribution in [0.25, 0.3) is 0 Å². The smallest absolute Gasteiger partial charge is 0.249 e. The minimum Gasteiger partial charge on any atom is -0.394 e. The lowest BCUT2D eigenvalue weighted by atomic mass is 10.00. The number of carbonyl (C=O) groups excluding carboxylic acids is 1. The average Bonchev–Trinajstić information content (AvgIpc) is 3.42. The van der Waals surface area contributed by atoms with Gasteiger partial charge in [0.25, 0.3) is 0 Å². The fraction of sp³-hybridized carbons (Fsp3) is 0.899. The van der Waals surface area contributed by atoms with Crippen molar-refractivity contribution in [1.82, 2.24) is 5.32 Å².